The molecule has 0 bridgehead atoms. The Labute approximate surface area is 332 Å². The summed E-state index contributed by atoms with van der Waals surface area (Å²) in [5, 5.41) is 8.41. The van der Waals surface area contributed by atoms with E-state index in [0.29, 0.717) is 71.4 Å². The molecule has 2 aromatic heterocycles. The second-order valence-corrected chi connectivity index (χ2v) is 15.5. The summed E-state index contributed by atoms with van der Waals surface area (Å²) in [5.74, 6) is 1.75. The lowest BCUT2D eigenvalue weighted by molar-refractivity contribution is 0.0740. The number of rotatable bonds is 10. The summed E-state index contributed by atoms with van der Waals surface area (Å²) < 4.78 is 24.0. The van der Waals surface area contributed by atoms with Gasteiger partial charge in [0.2, 0.25) is 0 Å². The second-order valence-electron chi connectivity index (χ2n) is 13.9. The highest BCUT2D eigenvalue weighted by molar-refractivity contribution is 7.08. The average Bonchev–Trinajstić information content (AvgIpc) is 3.95. The zero-order valence-corrected chi connectivity index (χ0v) is 32.5. The van der Waals surface area contributed by atoms with Crippen LogP contribution < -0.4 is 18.9 Å². The summed E-state index contributed by atoms with van der Waals surface area (Å²) >= 11 is 3.33. The summed E-state index contributed by atoms with van der Waals surface area (Å²) in [6, 6.07) is 18.9. The van der Waals surface area contributed by atoms with Gasteiger partial charge in [-0.3, -0.25) is 19.6 Å². The molecule has 10 nitrogen and oxygen atoms in total. The highest BCUT2D eigenvalue weighted by Gasteiger charge is 2.34. The number of hydrogen-bond donors (Lipinski definition) is 0. The molecule has 0 saturated heterocycles. The molecule has 4 aliphatic rings. The molecule has 0 N–H and O–H groups in total. The van der Waals surface area contributed by atoms with Crippen LogP contribution in [0.15, 0.2) is 104 Å². The van der Waals surface area contributed by atoms with Gasteiger partial charge in [-0.15, -0.1) is 0 Å². The number of thiophene rings is 2. The van der Waals surface area contributed by atoms with Gasteiger partial charge in [0.1, 0.15) is 13.2 Å². The Morgan fingerprint density at radius 1 is 0.643 bits per heavy atom. The number of carbonyl (C=O) groups excluding carboxylic acids is 2. The van der Waals surface area contributed by atoms with Crippen LogP contribution in [0.3, 0.4) is 0 Å². The topological polar surface area (TPSA) is 102 Å². The molecule has 282 valence electrons. The molecule has 2 atom stereocenters. The van der Waals surface area contributed by atoms with Gasteiger partial charge in [0.15, 0.2) is 23.0 Å². The number of methoxy groups -OCH3 is 2. The van der Waals surface area contributed by atoms with Crippen molar-refractivity contribution in [3.8, 4) is 23.0 Å². The minimum Gasteiger partial charge on any atom is -0.493 e. The molecule has 6 heterocycles. The Hall–Kier alpha value is -5.98. The standard InChI is InChI=1S/C44H38N4O6S2/c1-51-39-17-35-37(45-21-33-15-29(31-8-12-55-25-31)6-10-47(33)43(35)49)19-41(39)53-23-27-4-3-5-28(14-27)24-54-42-20-38-36(18-40(42)52-2)44(50)48-11-7-30(16-34(48)22-46-38)32-9-13-56-26-32/h3-9,12-14,17-22,25-26,33-34H,10-11,15-16,23-24H2,1-2H3. The summed E-state index contributed by atoms with van der Waals surface area (Å²) in [6.45, 7) is 1.54. The summed E-state index contributed by atoms with van der Waals surface area (Å²) in [5.41, 5.74) is 8.77. The first-order valence-electron chi connectivity index (χ1n) is 18.4. The average molecular weight is 783 g/mol. The fraction of sp³-hybridized carbons (Fsp3) is 0.227. The molecule has 9 rings (SSSR count). The number of nitrogens with zero attached hydrogens (tertiary/aromatic N) is 4. The molecule has 56 heavy (non-hydrogen) atoms. The third-order valence-electron chi connectivity index (χ3n) is 10.6. The van der Waals surface area contributed by atoms with E-state index in [4.69, 9.17) is 28.9 Å². The Morgan fingerprint density at radius 2 is 1.12 bits per heavy atom. The van der Waals surface area contributed by atoms with Gasteiger partial charge in [-0.1, -0.05) is 30.4 Å². The zero-order valence-electron chi connectivity index (χ0n) is 30.8. The van der Waals surface area contributed by atoms with Gasteiger partial charge in [0.25, 0.3) is 11.8 Å². The Bertz CT molecular complexity index is 2270. The van der Waals surface area contributed by atoms with E-state index >= 15 is 0 Å². The lowest BCUT2D eigenvalue weighted by Gasteiger charge is -2.32. The molecule has 2 amide bonds. The maximum Gasteiger partial charge on any atom is 0.257 e. The van der Waals surface area contributed by atoms with Crippen LogP contribution in [0.25, 0.3) is 11.1 Å². The quantitative estimate of drug-likeness (QED) is 0.140. The fourth-order valence-corrected chi connectivity index (χ4v) is 8.96. The number of hydrogen-bond acceptors (Lipinski definition) is 10. The summed E-state index contributed by atoms with van der Waals surface area (Å²) in [6.07, 6.45) is 9.43. The van der Waals surface area contributed by atoms with Crippen LogP contribution in [0.2, 0.25) is 0 Å². The van der Waals surface area contributed by atoms with Crippen molar-refractivity contribution in [1.29, 1.82) is 0 Å². The van der Waals surface area contributed by atoms with Gasteiger partial charge in [0, 0.05) is 37.7 Å². The van der Waals surface area contributed by atoms with E-state index in [1.165, 1.54) is 22.3 Å². The first-order valence-corrected chi connectivity index (χ1v) is 20.3. The van der Waals surface area contributed by atoms with Gasteiger partial charge in [-0.25, -0.2) is 0 Å². The van der Waals surface area contributed by atoms with Gasteiger partial charge in [-0.2, -0.15) is 22.7 Å². The predicted octanol–water partition coefficient (Wildman–Crippen LogP) is 9.01. The molecule has 5 aromatic rings. The molecular formula is C44H38N4O6S2. The number of amides is 2. The molecule has 0 radical (unpaired) electrons. The van der Waals surface area contributed by atoms with E-state index < -0.39 is 0 Å². The van der Waals surface area contributed by atoms with Crippen LogP contribution in [0, 0.1) is 0 Å². The van der Waals surface area contributed by atoms with Crippen LogP contribution in [0.1, 0.15) is 55.8 Å². The monoisotopic (exact) mass is 782 g/mol. The van der Waals surface area contributed by atoms with Crippen molar-refractivity contribution in [3.63, 3.8) is 0 Å². The minimum absolute atomic E-state index is 0.0818. The smallest absolute Gasteiger partial charge is 0.257 e. The van der Waals surface area contributed by atoms with Crippen molar-refractivity contribution in [2.75, 3.05) is 27.3 Å². The van der Waals surface area contributed by atoms with Crippen molar-refractivity contribution < 1.29 is 28.5 Å². The number of benzene rings is 3. The third kappa shape index (κ3) is 6.90. The Balaban J connectivity index is 0.880. The van der Waals surface area contributed by atoms with Gasteiger partial charge in [-0.05, 0) is 98.1 Å². The molecule has 0 fully saturated rings. The van der Waals surface area contributed by atoms with Crippen molar-refractivity contribution in [3.05, 3.63) is 128 Å². The van der Waals surface area contributed by atoms with E-state index in [-0.39, 0.29) is 37.1 Å². The van der Waals surface area contributed by atoms with Gasteiger partial charge >= 0.3 is 0 Å². The summed E-state index contributed by atoms with van der Waals surface area (Å²) in [4.78, 5) is 40.7. The number of fused-ring (bicyclic) bond motifs is 4. The predicted molar refractivity (Wildman–Crippen MR) is 221 cm³/mol. The van der Waals surface area contributed by atoms with Crippen LogP contribution in [-0.2, 0) is 13.2 Å². The molecule has 4 aliphatic heterocycles. The molecule has 0 aliphatic carbocycles. The fourth-order valence-electron chi connectivity index (χ4n) is 7.60. The largest absolute Gasteiger partial charge is 0.493 e. The molecular weight excluding hydrogens is 745 g/mol. The van der Waals surface area contributed by atoms with E-state index in [9.17, 15) is 9.59 Å². The number of carbonyl (C=O) groups is 2. The van der Waals surface area contributed by atoms with E-state index in [2.05, 4.69) is 45.8 Å². The van der Waals surface area contributed by atoms with Gasteiger partial charge in [0.05, 0.1) is 48.8 Å². The minimum atomic E-state index is -0.138. The molecule has 0 spiro atoms. The van der Waals surface area contributed by atoms with Crippen LogP contribution in [0.5, 0.6) is 23.0 Å². The second kappa shape index (κ2) is 15.3. The molecule has 3 aromatic carbocycles. The van der Waals surface area contributed by atoms with Crippen molar-refractivity contribution in [2.24, 2.45) is 9.98 Å². The molecule has 2 unspecified atom stereocenters. The lowest BCUT2D eigenvalue weighted by Crippen LogP contribution is -2.43. The third-order valence-corrected chi connectivity index (χ3v) is 12.0. The highest BCUT2D eigenvalue weighted by atomic mass is 32.1. The normalized spacial score (nSPS) is 18.5. The first-order chi connectivity index (χ1) is 27.4. The zero-order chi connectivity index (χ0) is 38.2. The lowest BCUT2D eigenvalue weighted by atomic mass is 9.96. The van der Waals surface area contributed by atoms with Crippen molar-refractivity contribution in [1.82, 2.24) is 9.80 Å². The van der Waals surface area contributed by atoms with Crippen molar-refractivity contribution >= 4 is 69.4 Å². The SMILES string of the molecule is COc1cc2c(cc1OCc1cccc(COc3cc4c(cc3OC)C(=O)N3CC=C(c5ccsc5)CC3C=N4)c1)N=CC1CC(c3ccsc3)=CCN1C2=O. The number of aliphatic imine (C=N–C) groups is 2. The Kier molecular flexibility index (Phi) is 9.74. The van der Waals surface area contributed by atoms with Crippen LogP contribution >= 0.6 is 22.7 Å². The van der Waals surface area contributed by atoms with Crippen LogP contribution in [0.4, 0.5) is 11.4 Å². The van der Waals surface area contributed by atoms with E-state index in [1.54, 1.807) is 61.2 Å². The highest BCUT2D eigenvalue weighted by Crippen LogP contribution is 2.41. The molecule has 0 saturated carbocycles. The first kappa shape index (κ1) is 35.7. The summed E-state index contributed by atoms with van der Waals surface area (Å²) in [7, 11) is 3.14. The van der Waals surface area contributed by atoms with Crippen LogP contribution in [-0.4, -0.2) is 73.4 Å². The Morgan fingerprint density at radius 3 is 1.55 bits per heavy atom. The van der Waals surface area contributed by atoms with E-state index in [0.717, 1.165) is 11.1 Å². The molecule has 12 heteroatoms. The van der Waals surface area contributed by atoms with Gasteiger partial charge < -0.3 is 28.7 Å². The maximum absolute atomic E-state index is 13.7. The van der Waals surface area contributed by atoms with Crippen molar-refractivity contribution in [2.45, 2.75) is 38.1 Å². The van der Waals surface area contributed by atoms with E-state index in [1.807, 2.05) is 46.5 Å². The maximum atomic E-state index is 13.7. The number of ether oxygens (including phenoxy) is 4.